The van der Waals surface area contributed by atoms with Gasteiger partial charge in [0.05, 0.1) is 6.10 Å². The van der Waals surface area contributed by atoms with Crippen molar-refractivity contribution in [2.45, 2.75) is 44.6 Å². The molecule has 1 heteroatoms. The number of aliphatic hydroxyl groups is 1. The zero-order valence-electron chi connectivity index (χ0n) is 11.4. The Morgan fingerprint density at radius 1 is 1.00 bits per heavy atom. The third kappa shape index (κ3) is 2.98. The molecule has 1 fully saturated rings. The number of rotatable bonds is 4. The fourth-order valence-electron chi connectivity index (χ4n) is 3.44. The first kappa shape index (κ1) is 12.7. The minimum absolute atomic E-state index is 0.186. The average molecular weight is 254 g/mol. The van der Waals surface area contributed by atoms with Crippen molar-refractivity contribution >= 4 is 10.8 Å². The highest BCUT2D eigenvalue weighted by molar-refractivity contribution is 5.85. The van der Waals surface area contributed by atoms with Crippen molar-refractivity contribution in [3.8, 4) is 0 Å². The molecule has 0 saturated heterocycles. The molecule has 1 aliphatic carbocycles. The van der Waals surface area contributed by atoms with Crippen LogP contribution in [0.3, 0.4) is 0 Å². The Balaban J connectivity index is 1.73. The Morgan fingerprint density at radius 2 is 1.74 bits per heavy atom. The van der Waals surface area contributed by atoms with Gasteiger partial charge in [-0.25, -0.2) is 0 Å². The smallest absolute Gasteiger partial charge is 0.0583 e. The Hall–Kier alpha value is -1.34. The second kappa shape index (κ2) is 5.75. The zero-order chi connectivity index (χ0) is 13.1. The van der Waals surface area contributed by atoms with Crippen molar-refractivity contribution in [1.29, 1.82) is 0 Å². The molecule has 0 heterocycles. The van der Waals surface area contributed by atoms with Crippen LogP contribution in [0, 0.1) is 5.92 Å². The molecule has 0 aliphatic heterocycles. The lowest BCUT2D eigenvalue weighted by molar-refractivity contribution is 0.143. The van der Waals surface area contributed by atoms with Crippen LogP contribution >= 0.6 is 0 Å². The summed E-state index contributed by atoms with van der Waals surface area (Å²) in [6, 6.07) is 14.8. The maximum Gasteiger partial charge on any atom is 0.0583 e. The van der Waals surface area contributed by atoms with Crippen molar-refractivity contribution in [2.75, 3.05) is 0 Å². The van der Waals surface area contributed by atoms with E-state index in [0.29, 0.717) is 0 Å². The van der Waals surface area contributed by atoms with Gasteiger partial charge >= 0.3 is 0 Å². The van der Waals surface area contributed by atoms with Crippen molar-refractivity contribution < 1.29 is 5.11 Å². The Bertz CT molecular complexity index is 535. The van der Waals surface area contributed by atoms with Gasteiger partial charge in [-0.15, -0.1) is 0 Å². The molecule has 100 valence electrons. The van der Waals surface area contributed by atoms with Gasteiger partial charge in [-0.3, -0.25) is 0 Å². The van der Waals surface area contributed by atoms with Crippen LogP contribution < -0.4 is 0 Å². The van der Waals surface area contributed by atoms with Crippen molar-refractivity contribution in [2.24, 2.45) is 5.92 Å². The molecular formula is C18H22O. The number of aliphatic hydroxyl groups excluding tert-OH is 1. The lowest BCUT2D eigenvalue weighted by Gasteiger charge is -2.16. The quantitative estimate of drug-likeness (QED) is 0.861. The van der Waals surface area contributed by atoms with Crippen LogP contribution in [0.4, 0.5) is 0 Å². The van der Waals surface area contributed by atoms with E-state index in [9.17, 15) is 5.11 Å². The summed E-state index contributed by atoms with van der Waals surface area (Å²) < 4.78 is 0. The van der Waals surface area contributed by atoms with E-state index in [-0.39, 0.29) is 6.10 Å². The van der Waals surface area contributed by atoms with E-state index >= 15 is 0 Å². The number of benzene rings is 2. The number of hydrogen-bond acceptors (Lipinski definition) is 1. The zero-order valence-corrected chi connectivity index (χ0v) is 11.4. The lowest BCUT2D eigenvalue weighted by Crippen LogP contribution is -2.14. The van der Waals surface area contributed by atoms with Gasteiger partial charge in [0.1, 0.15) is 0 Å². The summed E-state index contributed by atoms with van der Waals surface area (Å²) >= 11 is 0. The molecule has 1 nitrogen and oxygen atoms in total. The predicted octanol–water partition coefficient (Wildman–Crippen LogP) is 4.32. The molecule has 0 amide bonds. The normalized spacial score (nSPS) is 17.9. The van der Waals surface area contributed by atoms with E-state index in [2.05, 4.69) is 42.5 Å². The summed E-state index contributed by atoms with van der Waals surface area (Å²) in [4.78, 5) is 0. The van der Waals surface area contributed by atoms with Crippen molar-refractivity contribution in [3.05, 3.63) is 48.0 Å². The average Bonchev–Trinajstić information content (AvgIpc) is 2.92. The number of hydrogen-bond donors (Lipinski definition) is 1. The topological polar surface area (TPSA) is 20.2 Å². The fraction of sp³-hybridized carbons (Fsp3) is 0.444. The first-order valence-electron chi connectivity index (χ1n) is 7.47. The molecule has 2 aromatic rings. The SMILES string of the molecule is OC(Cc1cccc2ccccc12)CC1CCCC1. The minimum atomic E-state index is -0.186. The molecule has 1 aliphatic rings. The van der Waals surface area contributed by atoms with Crippen molar-refractivity contribution in [1.82, 2.24) is 0 Å². The van der Waals surface area contributed by atoms with Crippen LogP contribution in [0.2, 0.25) is 0 Å². The maximum atomic E-state index is 10.3. The molecule has 0 bridgehead atoms. The van der Waals surface area contributed by atoms with E-state index in [1.165, 1.54) is 42.0 Å². The van der Waals surface area contributed by atoms with Crippen LogP contribution in [0.1, 0.15) is 37.7 Å². The summed E-state index contributed by atoms with van der Waals surface area (Å²) in [6.07, 6.45) is 6.91. The monoisotopic (exact) mass is 254 g/mol. The third-order valence-electron chi connectivity index (χ3n) is 4.42. The van der Waals surface area contributed by atoms with Gasteiger partial charge < -0.3 is 5.11 Å². The standard InChI is InChI=1S/C18H22O/c19-17(12-14-6-1-2-7-14)13-16-10-5-9-15-8-3-4-11-18(15)16/h3-5,8-11,14,17,19H,1-2,6-7,12-13H2. The Labute approximate surface area is 115 Å². The van der Waals surface area contributed by atoms with E-state index in [1.54, 1.807) is 0 Å². The molecule has 0 radical (unpaired) electrons. The lowest BCUT2D eigenvalue weighted by atomic mass is 9.94. The summed E-state index contributed by atoms with van der Waals surface area (Å²) in [6.45, 7) is 0. The summed E-state index contributed by atoms with van der Waals surface area (Å²) in [7, 11) is 0. The summed E-state index contributed by atoms with van der Waals surface area (Å²) in [5.74, 6) is 0.755. The van der Waals surface area contributed by atoms with E-state index in [0.717, 1.165) is 18.8 Å². The third-order valence-corrected chi connectivity index (χ3v) is 4.42. The molecule has 0 spiro atoms. The molecule has 1 unspecified atom stereocenters. The Morgan fingerprint density at radius 3 is 2.58 bits per heavy atom. The largest absolute Gasteiger partial charge is 0.393 e. The first-order chi connectivity index (χ1) is 9.33. The molecule has 1 saturated carbocycles. The number of fused-ring (bicyclic) bond motifs is 1. The van der Waals surface area contributed by atoms with Crippen LogP contribution in [-0.4, -0.2) is 11.2 Å². The maximum absolute atomic E-state index is 10.3. The van der Waals surface area contributed by atoms with Crippen LogP contribution in [0.15, 0.2) is 42.5 Å². The van der Waals surface area contributed by atoms with E-state index in [1.807, 2.05) is 0 Å². The molecule has 0 aromatic heterocycles. The molecular weight excluding hydrogens is 232 g/mol. The van der Waals surface area contributed by atoms with E-state index in [4.69, 9.17) is 0 Å². The van der Waals surface area contributed by atoms with Crippen LogP contribution in [0.5, 0.6) is 0 Å². The Kier molecular flexibility index (Phi) is 3.84. The molecule has 19 heavy (non-hydrogen) atoms. The van der Waals surface area contributed by atoms with Gasteiger partial charge in [-0.1, -0.05) is 68.1 Å². The molecule has 1 atom stereocenters. The van der Waals surface area contributed by atoms with Gasteiger partial charge in [-0.05, 0) is 35.1 Å². The van der Waals surface area contributed by atoms with E-state index < -0.39 is 0 Å². The van der Waals surface area contributed by atoms with Gasteiger partial charge in [0.25, 0.3) is 0 Å². The summed E-state index contributed by atoms with van der Waals surface area (Å²) in [5.41, 5.74) is 1.28. The van der Waals surface area contributed by atoms with Gasteiger partial charge in [-0.2, -0.15) is 0 Å². The van der Waals surface area contributed by atoms with Crippen molar-refractivity contribution in [3.63, 3.8) is 0 Å². The first-order valence-corrected chi connectivity index (χ1v) is 7.47. The molecule has 2 aromatic carbocycles. The van der Waals surface area contributed by atoms with Gasteiger partial charge in [0.15, 0.2) is 0 Å². The fourth-order valence-corrected chi connectivity index (χ4v) is 3.44. The van der Waals surface area contributed by atoms with Gasteiger partial charge in [0.2, 0.25) is 0 Å². The highest BCUT2D eigenvalue weighted by Gasteiger charge is 2.19. The molecule has 1 N–H and O–H groups in total. The second-order valence-electron chi connectivity index (χ2n) is 5.88. The van der Waals surface area contributed by atoms with Gasteiger partial charge in [0, 0.05) is 0 Å². The highest BCUT2D eigenvalue weighted by Crippen LogP contribution is 2.30. The predicted molar refractivity (Wildman–Crippen MR) is 80.2 cm³/mol. The highest BCUT2D eigenvalue weighted by atomic mass is 16.3. The molecule has 3 rings (SSSR count). The summed E-state index contributed by atoms with van der Waals surface area (Å²) in [5, 5.41) is 12.9. The minimum Gasteiger partial charge on any atom is -0.393 e. The second-order valence-corrected chi connectivity index (χ2v) is 5.88. The van der Waals surface area contributed by atoms with Crippen LogP contribution in [0.25, 0.3) is 10.8 Å². The van der Waals surface area contributed by atoms with Crippen LogP contribution in [-0.2, 0) is 6.42 Å².